The van der Waals surface area contributed by atoms with Crippen LogP contribution in [0.4, 0.5) is 0 Å². The lowest BCUT2D eigenvalue weighted by atomic mass is 10.3. The molecule has 0 aliphatic heterocycles. The Labute approximate surface area is 151 Å². The highest BCUT2D eigenvalue weighted by atomic mass is 79.9. The Morgan fingerprint density at radius 2 is 1.58 bits per heavy atom. The molecule has 0 spiro atoms. The molecule has 0 N–H and O–H groups in total. The standard InChI is InChI=1S/C14H17BrN2O6S/c1-16(14(21)9-4-5-10(15)24-9)6-11(18)17(7-12(19)22-2)8-13(20)23-3/h4-5H,6-8H2,1-3H3. The van der Waals surface area contributed by atoms with Gasteiger partial charge in [0.25, 0.3) is 5.91 Å². The summed E-state index contributed by atoms with van der Waals surface area (Å²) in [5.74, 6) is -2.26. The molecule has 0 radical (unpaired) electrons. The average Bonchev–Trinajstić information content (AvgIpc) is 2.99. The molecule has 1 aromatic heterocycles. The SMILES string of the molecule is COC(=O)CN(CC(=O)OC)C(=O)CN(C)C(=O)c1ccc(Br)s1. The van der Waals surface area contributed by atoms with Crippen LogP contribution in [0.15, 0.2) is 15.9 Å². The number of hydrogen-bond donors (Lipinski definition) is 0. The largest absolute Gasteiger partial charge is 0.468 e. The molecule has 132 valence electrons. The van der Waals surface area contributed by atoms with Crippen molar-refractivity contribution < 1.29 is 28.7 Å². The number of rotatable bonds is 7. The summed E-state index contributed by atoms with van der Waals surface area (Å²) in [6.07, 6.45) is 0. The molecule has 0 bridgehead atoms. The molecular formula is C14H17BrN2O6S. The van der Waals surface area contributed by atoms with Crippen molar-refractivity contribution in [3.63, 3.8) is 0 Å². The first-order chi connectivity index (χ1) is 11.3. The summed E-state index contributed by atoms with van der Waals surface area (Å²) in [6.45, 7) is -1.10. The minimum atomic E-state index is -0.677. The van der Waals surface area contributed by atoms with E-state index in [1.807, 2.05) is 0 Å². The number of ether oxygens (including phenoxy) is 2. The molecule has 8 nitrogen and oxygen atoms in total. The van der Waals surface area contributed by atoms with Crippen LogP contribution in [0.5, 0.6) is 0 Å². The summed E-state index contributed by atoms with van der Waals surface area (Å²) in [6, 6.07) is 3.37. The molecule has 24 heavy (non-hydrogen) atoms. The highest BCUT2D eigenvalue weighted by Gasteiger charge is 2.24. The molecule has 0 saturated heterocycles. The number of amides is 2. The van der Waals surface area contributed by atoms with Crippen LogP contribution in [0, 0.1) is 0 Å². The van der Waals surface area contributed by atoms with E-state index >= 15 is 0 Å². The summed E-state index contributed by atoms with van der Waals surface area (Å²) in [4.78, 5) is 50.0. The maximum Gasteiger partial charge on any atom is 0.325 e. The van der Waals surface area contributed by atoms with E-state index in [1.165, 1.54) is 37.5 Å². The Morgan fingerprint density at radius 3 is 2.00 bits per heavy atom. The van der Waals surface area contributed by atoms with Crippen LogP contribution in [0.2, 0.25) is 0 Å². The zero-order valence-corrected chi connectivity index (χ0v) is 15.8. The van der Waals surface area contributed by atoms with Gasteiger partial charge in [-0.3, -0.25) is 19.2 Å². The predicted molar refractivity (Wildman–Crippen MR) is 89.6 cm³/mol. The minimum Gasteiger partial charge on any atom is -0.468 e. The van der Waals surface area contributed by atoms with Crippen molar-refractivity contribution in [3.8, 4) is 0 Å². The second kappa shape index (κ2) is 9.38. The third-order valence-electron chi connectivity index (χ3n) is 2.95. The third-order valence-corrected chi connectivity index (χ3v) is 4.56. The first kappa shape index (κ1) is 20.1. The summed E-state index contributed by atoms with van der Waals surface area (Å²) in [7, 11) is 3.81. The van der Waals surface area contributed by atoms with Gasteiger partial charge >= 0.3 is 11.9 Å². The van der Waals surface area contributed by atoms with Gasteiger partial charge < -0.3 is 19.3 Å². The van der Waals surface area contributed by atoms with E-state index in [1.54, 1.807) is 12.1 Å². The zero-order chi connectivity index (χ0) is 18.3. The molecule has 0 aromatic carbocycles. The van der Waals surface area contributed by atoms with Crippen LogP contribution in [0.3, 0.4) is 0 Å². The smallest absolute Gasteiger partial charge is 0.325 e. The van der Waals surface area contributed by atoms with E-state index in [4.69, 9.17) is 0 Å². The van der Waals surface area contributed by atoms with Crippen molar-refractivity contribution in [1.82, 2.24) is 9.80 Å². The van der Waals surface area contributed by atoms with Gasteiger partial charge in [0, 0.05) is 7.05 Å². The molecule has 0 saturated carbocycles. The highest BCUT2D eigenvalue weighted by Crippen LogP contribution is 2.23. The fraction of sp³-hybridized carbons (Fsp3) is 0.429. The number of methoxy groups -OCH3 is 2. The molecule has 0 unspecified atom stereocenters. The van der Waals surface area contributed by atoms with E-state index in [9.17, 15) is 19.2 Å². The number of carbonyl (C=O) groups is 4. The predicted octanol–water partition coefficient (Wildman–Crippen LogP) is 0.757. The summed E-state index contributed by atoms with van der Waals surface area (Å²) >= 11 is 4.50. The number of hydrogen-bond acceptors (Lipinski definition) is 7. The molecule has 1 rings (SSSR count). The van der Waals surface area contributed by atoms with Crippen LogP contribution in [0.25, 0.3) is 0 Å². The lowest BCUT2D eigenvalue weighted by molar-refractivity contribution is -0.152. The van der Waals surface area contributed by atoms with Gasteiger partial charge in [-0.05, 0) is 28.1 Å². The van der Waals surface area contributed by atoms with Gasteiger partial charge in [-0.1, -0.05) is 0 Å². The van der Waals surface area contributed by atoms with Crippen molar-refractivity contribution in [1.29, 1.82) is 0 Å². The second-order valence-corrected chi connectivity index (χ2v) is 7.13. The first-order valence-corrected chi connectivity index (χ1v) is 8.31. The maximum atomic E-state index is 12.3. The molecule has 0 aliphatic rings. The van der Waals surface area contributed by atoms with E-state index in [0.29, 0.717) is 4.88 Å². The van der Waals surface area contributed by atoms with Gasteiger partial charge in [-0.25, -0.2) is 0 Å². The maximum absolute atomic E-state index is 12.3. The van der Waals surface area contributed by atoms with Crippen LogP contribution in [-0.4, -0.2) is 74.5 Å². The number of halogens is 1. The molecule has 0 fully saturated rings. The van der Waals surface area contributed by atoms with Crippen LogP contribution in [-0.2, 0) is 23.9 Å². The molecular weight excluding hydrogens is 404 g/mol. The van der Waals surface area contributed by atoms with Crippen LogP contribution < -0.4 is 0 Å². The van der Waals surface area contributed by atoms with Gasteiger partial charge in [0.15, 0.2) is 0 Å². The van der Waals surface area contributed by atoms with Gasteiger partial charge in [0.05, 0.1) is 29.4 Å². The summed E-state index contributed by atoms with van der Waals surface area (Å²) in [5.41, 5.74) is 0. The van der Waals surface area contributed by atoms with E-state index in [2.05, 4.69) is 25.4 Å². The lowest BCUT2D eigenvalue weighted by Gasteiger charge is -2.23. The number of esters is 2. The number of likely N-dealkylation sites (N-methyl/N-ethyl adjacent to an activating group) is 1. The fourth-order valence-corrected chi connectivity index (χ4v) is 3.05. The summed E-state index contributed by atoms with van der Waals surface area (Å²) < 4.78 is 9.80. The third kappa shape index (κ3) is 5.93. The molecule has 1 aromatic rings. The normalized spacial score (nSPS) is 10.0. The van der Waals surface area contributed by atoms with Gasteiger partial charge in [0.1, 0.15) is 13.1 Å². The Bertz CT molecular complexity index is 615. The highest BCUT2D eigenvalue weighted by molar-refractivity contribution is 9.11. The van der Waals surface area contributed by atoms with E-state index < -0.39 is 30.9 Å². The number of carbonyl (C=O) groups excluding carboxylic acids is 4. The minimum absolute atomic E-state index is 0.289. The molecule has 10 heteroatoms. The topological polar surface area (TPSA) is 93.2 Å². The van der Waals surface area contributed by atoms with Crippen molar-refractivity contribution in [3.05, 3.63) is 20.8 Å². The quantitative estimate of drug-likeness (QED) is 0.604. The average molecular weight is 421 g/mol. The van der Waals surface area contributed by atoms with Crippen molar-refractivity contribution in [2.45, 2.75) is 0 Å². The molecule has 1 heterocycles. The molecule has 0 atom stereocenters. The second-order valence-electron chi connectivity index (χ2n) is 4.67. The fourth-order valence-electron chi connectivity index (χ4n) is 1.67. The Morgan fingerprint density at radius 1 is 1.04 bits per heavy atom. The van der Waals surface area contributed by atoms with Crippen LogP contribution >= 0.6 is 27.3 Å². The van der Waals surface area contributed by atoms with E-state index in [0.717, 1.165) is 8.69 Å². The van der Waals surface area contributed by atoms with Crippen molar-refractivity contribution >= 4 is 51.0 Å². The monoisotopic (exact) mass is 420 g/mol. The number of thiophene rings is 1. The van der Waals surface area contributed by atoms with Crippen molar-refractivity contribution in [2.24, 2.45) is 0 Å². The lowest BCUT2D eigenvalue weighted by Crippen LogP contribution is -2.45. The zero-order valence-electron chi connectivity index (χ0n) is 13.4. The molecule has 0 aliphatic carbocycles. The Hall–Kier alpha value is -1.94. The van der Waals surface area contributed by atoms with E-state index in [-0.39, 0.29) is 12.5 Å². The first-order valence-electron chi connectivity index (χ1n) is 6.70. The van der Waals surface area contributed by atoms with Gasteiger partial charge in [0.2, 0.25) is 5.91 Å². The van der Waals surface area contributed by atoms with Crippen LogP contribution in [0.1, 0.15) is 9.67 Å². The van der Waals surface area contributed by atoms with Gasteiger partial charge in [-0.15, -0.1) is 11.3 Å². The number of nitrogens with zero attached hydrogens (tertiary/aromatic N) is 2. The van der Waals surface area contributed by atoms with Crippen molar-refractivity contribution in [2.75, 3.05) is 40.9 Å². The molecule has 2 amide bonds. The Balaban J connectivity index is 2.76. The Kier molecular flexibility index (Phi) is 7.86. The van der Waals surface area contributed by atoms with Gasteiger partial charge in [-0.2, -0.15) is 0 Å². The summed E-state index contributed by atoms with van der Waals surface area (Å²) in [5, 5.41) is 0.